The quantitative estimate of drug-likeness (QED) is 0.881. The van der Waals surface area contributed by atoms with E-state index in [1.54, 1.807) is 22.8 Å². The summed E-state index contributed by atoms with van der Waals surface area (Å²) in [5.74, 6) is 0.863. The average molecular weight is 381 g/mol. The van der Waals surface area contributed by atoms with Gasteiger partial charge in [0.15, 0.2) is 0 Å². The minimum Gasteiger partial charge on any atom is -0.340 e. The van der Waals surface area contributed by atoms with Crippen molar-refractivity contribution in [1.82, 2.24) is 19.8 Å². The molecule has 148 valence electrons. The van der Waals surface area contributed by atoms with Crippen molar-refractivity contribution in [3.05, 3.63) is 47.4 Å². The van der Waals surface area contributed by atoms with E-state index in [1.165, 1.54) is 11.9 Å². The van der Waals surface area contributed by atoms with Crippen LogP contribution < -0.4 is 5.32 Å². The summed E-state index contributed by atoms with van der Waals surface area (Å²) in [5.41, 5.74) is 3.70. The Morgan fingerprint density at radius 1 is 1.07 bits per heavy atom. The van der Waals surface area contributed by atoms with Gasteiger partial charge < -0.3 is 15.1 Å². The van der Waals surface area contributed by atoms with E-state index in [1.807, 2.05) is 6.07 Å². The number of rotatable bonds is 4. The second-order valence-corrected chi connectivity index (χ2v) is 7.41. The Balaban J connectivity index is 1.77. The fourth-order valence-electron chi connectivity index (χ4n) is 3.40. The largest absolute Gasteiger partial charge is 0.340 e. The first-order chi connectivity index (χ1) is 13.4. The summed E-state index contributed by atoms with van der Waals surface area (Å²) in [6, 6.07) is 7.89. The Kier molecular flexibility index (Phi) is 5.92. The van der Waals surface area contributed by atoms with Crippen LogP contribution in [0.5, 0.6) is 0 Å². The van der Waals surface area contributed by atoms with Crippen LogP contribution in [0.25, 0.3) is 0 Å². The van der Waals surface area contributed by atoms with Crippen molar-refractivity contribution >= 4 is 23.3 Å². The summed E-state index contributed by atoms with van der Waals surface area (Å²) < 4.78 is 0. The van der Waals surface area contributed by atoms with E-state index < -0.39 is 0 Å². The number of hydrogen-bond donors (Lipinski definition) is 1. The Morgan fingerprint density at radius 2 is 1.75 bits per heavy atom. The summed E-state index contributed by atoms with van der Waals surface area (Å²) in [7, 11) is 0. The summed E-state index contributed by atoms with van der Waals surface area (Å²) in [4.78, 5) is 36.2. The standard InChI is InChI=1S/C21H27N5O2/c1-14(2)17-7-5-6-15(3)20(17)24-19-12-18(22-13-23-19)21(28)26-10-8-25(9-11-26)16(4)27/h5-7,12-14H,8-11H2,1-4H3,(H,22,23,24). The number of amides is 2. The molecule has 7 nitrogen and oxygen atoms in total. The molecule has 1 aliphatic heterocycles. The molecule has 1 fully saturated rings. The topological polar surface area (TPSA) is 78.4 Å². The molecule has 0 atom stereocenters. The number of para-hydroxylation sites is 1. The molecule has 0 saturated carbocycles. The molecule has 0 spiro atoms. The van der Waals surface area contributed by atoms with Crippen LogP contribution in [-0.2, 0) is 4.79 Å². The number of hydrogen-bond acceptors (Lipinski definition) is 5. The van der Waals surface area contributed by atoms with Crippen molar-refractivity contribution in [2.24, 2.45) is 0 Å². The lowest BCUT2D eigenvalue weighted by Gasteiger charge is -2.34. The van der Waals surface area contributed by atoms with E-state index in [4.69, 9.17) is 0 Å². The van der Waals surface area contributed by atoms with E-state index in [-0.39, 0.29) is 11.8 Å². The highest BCUT2D eigenvalue weighted by Gasteiger charge is 2.24. The number of carbonyl (C=O) groups excluding carboxylic acids is 2. The molecular formula is C21H27N5O2. The molecule has 0 unspecified atom stereocenters. The van der Waals surface area contributed by atoms with Crippen LogP contribution in [0.1, 0.15) is 48.3 Å². The molecule has 1 aromatic heterocycles. The molecule has 0 radical (unpaired) electrons. The Labute approximate surface area is 165 Å². The van der Waals surface area contributed by atoms with Gasteiger partial charge in [-0.3, -0.25) is 9.59 Å². The maximum atomic E-state index is 12.8. The zero-order valence-electron chi connectivity index (χ0n) is 16.9. The summed E-state index contributed by atoms with van der Waals surface area (Å²) in [6.07, 6.45) is 1.41. The van der Waals surface area contributed by atoms with E-state index >= 15 is 0 Å². The van der Waals surface area contributed by atoms with Crippen LogP contribution in [0.15, 0.2) is 30.6 Å². The normalized spacial score (nSPS) is 14.3. The lowest BCUT2D eigenvalue weighted by molar-refractivity contribution is -0.130. The van der Waals surface area contributed by atoms with Crippen LogP contribution in [-0.4, -0.2) is 57.8 Å². The summed E-state index contributed by atoms with van der Waals surface area (Å²) >= 11 is 0. The molecule has 28 heavy (non-hydrogen) atoms. The fraction of sp³-hybridized carbons (Fsp3) is 0.429. The van der Waals surface area contributed by atoms with Crippen LogP contribution >= 0.6 is 0 Å². The minimum absolute atomic E-state index is 0.0415. The third-order valence-corrected chi connectivity index (χ3v) is 5.08. The summed E-state index contributed by atoms with van der Waals surface area (Å²) in [5, 5.41) is 3.37. The van der Waals surface area contributed by atoms with Crippen molar-refractivity contribution in [2.75, 3.05) is 31.5 Å². The highest BCUT2D eigenvalue weighted by Crippen LogP contribution is 2.29. The van der Waals surface area contributed by atoms with Crippen molar-refractivity contribution in [2.45, 2.75) is 33.6 Å². The lowest BCUT2D eigenvalue weighted by atomic mass is 9.98. The molecule has 2 heterocycles. The third-order valence-electron chi connectivity index (χ3n) is 5.08. The molecule has 3 rings (SSSR count). The second-order valence-electron chi connectivity index (χ2n) is 7.41. The molecule has 1 saturated heterocycles. The van der Waals surface area contributed by atoms with Gasteiger partial charge in [0.1, 0.15) is 17.8 Å². The molecule has 2 amide bonds. The number of carbonyl (C=O) groups is 2. The van der Waals surface area contributed by atoms with Gasteiger partial charge in [-0.25, -0.2) is 9.97 Å². The minimum atomic E-state index is -0.137. The van der Waals surface area contributed by atoms with E-state index in [0.29, 0.717) is 43.6 Å². The van der Waals surface area contributed by atoms with Gasteiger partial charge in [-0.2, -0.15) is 0 Å². The summed E-state index contributed by atoms with van der Waals surface area (Å²) in [6.45, 7) is 10.0. The first-order valence-electron chi connectivity index (χ1n) is 9.60. The van der Waals surface area contributed by atoms with E-state index in [2.05, 4.69) is 48.2 Å². The molecule has 0 bridgehead atoms. The van der Waals surface area contributed by atoms with Crippen LogP contribution in [0, 0.1) is 6.92 Å². The van der Waals surface area contributed by atoms with Crippen molar-refractivity contribution in [3.8, 4) is 0 Å². The van der Waals surface area contributed by atoms with Gasteiger partial charge in [-0.1, -0.05) is 32.0 Å². The molecule has 1 aliphatic rings. The average Bonchev–Trinajstić information content (AvgIpc) is 2.69. The number of anilines is 2. The molecule has 1 N–H and O–H groups in total. The zero-order valence-corrected chi connectivity index (χ0v) is 16.9. The highest BCUT2D eigenvalue weighted by molar-refractivity contribution is 5.93. The Morgan fingerprint density at radius 3 is 2.39 bits per heavy atom. The molecular weight excluding hydrogens is 354 g/mol. The third kappa shape index (κ3) is 4.30. The van der Waals surface area contributed by atoms with Gasteiger partial charge in [0.2, 0.25) is 5.91 Å². The van der Waals surface area contributed by atoms with Gasteiger partial charge in [0.25, 0.3) is 5.91 Å². The fourth-order valence-corrected chi connectivity index (χ4v) is 3.40. The smallest absolute Gasteiger partial charge is 0.272 e. The number of benzene rings is 1. The predicted octanol–water partition coefficient (Wildman–Crippen LogP) is 2.96. The van der Waals surface area contributed by atoms with Crippen LogP contribution in [0.2, 0.25) is 0 Å². The van der Waals surface area contributed by atoms with Gasteiger partial charge in [-0.05, 0) is 24.0 Å². The SMILES string of the molecule is CC(=O)N1CCN(C(=O)c2cc(Nc3c(C)cccc3C(C)C)ncn2)CC1. The number of aromatic nitrogens is 2. The number of aryl methyl sites for hydroxylation is 1. The predicted molar refractivity (Wildman–Crippen MR) is 109 cm³/mol. The maximum absolute atomic E-state index is 12.8. The molecule has 2 aromatic rings. The van der Waals surface area contributed by atoms with Gasteiger partial charge >= 0.3 is 0 Å². The first-order valence-corrected chi connectivity index (χ1v) is 9.60. The van der Waals surface area contributed by atoms with Gasteiger partial charge in [0.05, 0.1) is 0 Å². The zero-order chi connectivity index (χ0) is 20.3. The highest BCUT2D eigenvalue weighted by atomic mass is 16.2. The van der Waals surface area contributed by atoms with Crippen LogP contribution in [0.3, 0.4) is 0 Å². The van der Waals surface area contributed by atoms with Gasteiger partial charge in [-0.15, -0.1) is 0 Å². The van der Waals surface area contributed by atoms with E-state index in [9.17, 15) is 9.59 Å². The van der Waals surface area contributed by atoms with E-state index in [0.717, 1.165) is 11.3 Å². The number of nitrogens with one attached hydrogen (secondary N) is 1. The van der Waals surface area contributed by atoms with Crippen molar-refractivity contribution in [3.63, 3.8) is 0 Å². The Bertz CT molecular complexity index is 873. The monoisotopic (exact) mass is 381 g/mol. The number of nitrogens with zero attached hydrogens (tertiary/aromatic N) is 4. The first kappa shape index (κ1) is 19.8. The number of piperazine rings is 1. The molecule has 0 aliphatic carbocycles. The molecule has 1 aromatic carbocycles. The maximum Gasteiger partial charge on any atom is 0.272 e. The second kappa shape index (κ2) is 8.37. The van der Waals surface area contributed by atoms with Crippen molar-refractivity contribution < 1.29 is 9.59 Å². The van der Waals surface area contributed by atoms with Crippen LogP contribution in [0.4, 0.5) is 11.5 Å². The molecule has 7 heteroatoms. The lowest BCUT2D eigenvalue weighted by Crippen LogP contribution is -2.50. The van der Waals surface area contributed by atoms with Crippen molar-refractivity contribution in [1.29, 1.82) is 0 Å². The Hall–Kier alpha value is -2.96. The van der Waals surface area contributed by atoms with Gasteiger partial charge in [0, 0.05) is 44.9 Å².